The summed E-state index contributed by atoms with van der Waals surface area (Å²) in [6, 6.07) is 3.68. The Morgan fingerprint density at radius 3 is 2.49 bits per heavy atom. The molecule has 3 aliphatic rings. The molecule has 0 bridgehead atoms. The zero-order valence-corrected chi connectivity index (χ0v) is 21.1. The molecule has 5 rings (SSSR count). The number of sulfonamides is 1. The molecule has 190 valence electrons. The fourth-order valence-electron chi connectivity index (χ4n) is 5.60. The summed E-state index contributed by atoms with van der Waals surface area (Å²) in [4.78, 5) is 24.2. The molecule has 10 heteroatoms. The minimum Gasteiger partial charge on any atom is -0.351 e. The lowest BCUT2D eigenvalue weighted by atomic mass is 10.1. The molecule has 1 aliphatic carbocycles. The quantitative estimate of drug-likeness (QED) is 0.594. The minimum absolute atomic E-state index is 0.0129. The zero-order chi connectivity index (χ0) is 24.3. The van der Waals surface area contributed by atoms with Gasteiger partial charge in [0.1, 0.15) is 5.65 Å². The molecule has 0 radical (unpaired) electrons. The van der Waals surface area contributed by atoms with E-state index in [1.165, 1.54) is 18.2 Å². The maximum atomic E-state index is 12.7. The highest BCUT2D eigenvalue weighted by molar-refractivity contribution is 7.92. The molecule has 9 nitrogen and oxygen atoms in total. The molecule has 0 atom stereocenters. The summed E-state index contributed by atoms with van der Waals surface area (Å²) in [6.07, 6.45) is 12.5. The van der Waals surface area contributed by atoms with Gasteiger partial charge in [0, 0.05) is 54.8 Å². The van der Waals surface area contributed by atoms with Gasteiger partial charge < -0.3 is 10.2 Å². The number of anilines is 1. The number of hydrogen-bond donors (Lipinski definition) is 1. The molecular weight excluding hydrogens is 464 g/mol. The Morgan fingerprint density at radius 1 is 1.00 bits per heavy atom. The fourth-order valence-corrected chi connectivity index (χ4v) is 6.87. The van der Waals surface area contributed by atoms with Gasteiger partial charge in [-0.2, -0.15) is 9.29 Å². The number of rotatable bonds is 8. The second kappa shape index (κ2) is 10.8. The third-order valence-corrected chi connectivity index (χ3v) is 9.20. The van der Waals surface area contributed by atoms with Gasteiger partial charge in [-0.3, -0.25) is 9.36 Å². The first kappa shape index (κ1) is 24.4. The summed E-state index contributed by atoms with van der Waals surface area (Å²) in [5, 5.41) is 5.62. The maximum absolute atomic E-state index is 12.7. The summed E-state index contributed by atoms with van der Waals surface area (Å²) in [5.74, 6) is 0.498. The van der Waals surface area contributed by atoms with E-state index in [0.717, 1.165) is 57.1 Å². The van der Waals surface area contributed by atoms with Crippen molar-refractivity contribution < 1.29 is 8.42 Å². The summed E-state index contributed by atoms with van der Waals surface area (Å²) in [7, 11) is -3.39. The molecule has 0 spiro atoms. The third-order valence-electron chi connectivity index (χ3n) is 7.58. The van der Waals surface area contributed by atoms with Crippen LogP contribution in [0.15, 0.2) is 34.6 Å². The Bertz CT molecular complexity index is 1210. The van der Waals surface area contributed by atoms with Crippen LogP contribution >= 0.6 is 0 Å². The molecule has 2 aromatic heterocycles. The van der Waals surface area contributed by atoms with Crippen LogP contribution in [0.1, 0.15) is 63.8 Å². The number of likely N-dealkylation sites (tertiary alicyclic amines) is 1. The molecule has 4 heterocycles. The van der Waals surface area contributed by atoms with Crippen LogP contribution in [0.4, 0.5) is 5.95 Å². The van der Waals surface area contributed by atoms with Crippen LogP contribution in [0.5, 0.6) is 0 Å². The molecule has 3 fully saturated rings. The second-order valence-electron chi connectivity index (χ2n) is 10.0. The van der Waals surface area contributed by atoms with Gasteiger partial charge in [-0.05, 0) is 64.1 Å². The van der Waals surface area contributed by atoms with Crippen molar-refractivity contribution in [2.24, 2.45) is 0 Å². The van der Waals surface area contributed by atoms with Crippen molar-refractivity contribution in [3.8, 4) is 0 Å². The molecule has 35 heavy (non-hydrogen) atoms. The predicted molar refractivity (Wildman–Crippen MR) is 138 cm³/mol. The largest absolute Gasteiger partial charge is 0.351 e. The minimum atomic E-state index is -3.39. The van der Waals surface area contributed by atoms with Crippen molar-refractivity contribution in [1.29, 1.82) is 0 Å². The van der Waals surface area contributed by atoms with E-state index < -0.39 is 10.0 Å². The molecule has 0 amide bonds. The Balaban J connectivity index is 1.19. The van der Waals surface area contributed by atoms with E-state index in [1.807, 2.05) is 4.57 Å². The summed E-state index contributed by atoms with van der Waals surface area (Å²) >= 11 is 0. The van der Waals surface area contributed by atoms with Crippen molar-refractivity contribution in [3.63, 3.8) is 0 Å². The predicted octanol–water partition coefficient (Wildman–Crippen LogP) is 3.11. The van der Waals surface area contributed by atoms with Gasteiger partial charge in [0.2, 0.25) is 16.0 Å². The Hall–Kier alpha value is -2.30. The van der Waals surface area contributed by atoms with Crippen LogP contribution in [-0.2, 0) is 10.0 Å². The van der Waals surface area contributed by atoms with Gasteiger partial charge in [-0.25, -0.2) is 13.4 Å². The normalized spacial score (nSPS) is 21.5. The highest BCUT2D eigenvalue weighted by Crippen LogP contribution is 2.30. The lowest BCUT2D eigenvalue weighted by Crippen LogP contribution is -2.41. The van der Waals surface area contributed by atoms with Gasteiger partial charge in [0.25, 0.3) is 5.56 Å². The molecule has 0 aromatic carbocycles. The number of aromatic nitrogens is 3. The van der Waals surface area contributed by atoms with Crippen LogP contribution in [0.3, 0.4) is 0 Å². The standard InChI is InChI=1S/C25H36N6O3S/c32-23-10-9-20-19-26-25(28-24(20)31(23)22-7-1-2-8-22)27-21-11-16-30(17-12-21)35(33,34)18-6-5-15-29-13-3-4-14-29/h6,9-10,18-19,21-22H,1-5,7-8,11-17H2,(H,26,27,28)/b18-6+. The second-order valence-corrected chi connectivity index (χ2v) is 11.8. The Kier molecular flexibility index (Phi) is 7.50. The SMILES string of the molecule is O=c1ccc2cnc(NC3CCN(S(=O)(=O)/C=C/CCN4CCCC4)CC3)nc2n1C1CCCC1. The smallest absolute Gasteiger partial charge is 0.252 e. The number of nitrogens with one attached hydrogen (secondary N) is 1. The number of hydrogen-bond acceptors (Lipinski definition) is 7. The lowest BCUT2D eigenvalue weighted by Gasteiger charge is -2.30. The molecule has 1 N–H and O–H groups in total. The summed E-state index contributed by atoms with van der Waals surface area (Å²) < 4.78 is 28.9. The first-order valence-electron chi connectivity index (χ1n) is 13.0. The molecule has 1 saturated carbocycles. The van der Waals surface area contributed by atoms with E-state index in [1.54, 1.807) is 28.7 Å². The molecule has 2 aliphatic heterocycles. The van der Waals surface area contributed by atoms with Crippen LogP contribution in [0, 0.1) is 0 Å². The van der Waals surface area contributed by atoms with E-state index in [4.69, 9.17) is 4.98 Å². The zero-order valence-electron chi connectivity index (χ0n) is 20.3. The average molecular weight is 501 g/mol. The topological polar surface area (TPSA) is 100 Å². The van der Waals surface area contributed by atoms with Crippen LogP contribution in [0.2, 0.25) is 0 Å². The third kappa shape index (κ3) is 5.76. The van der Waals surface area contributed by atoms with Gasteiger partial charge in [0.15, 0.2) is 0 Å². The van der Waals surface area contributed by atoms with Gasteiger partial charge in [-0.1, -0.05) is 18.9 Å². The van der Waals surface area contributed by atoms with Crippen molar-refractivity contribution in [2.75, 3.05) is 38.0 Å². The Labute approximate surface area is 207 Å². The fraction of sp³-hybridized carbons (Fsp3) is 0.640. The molecule has 2 saturated heterocycles. The molecule has 2 aromatic rings. The first-order chi connectivity index (χ1) is 17.0. The van der Waals surface area contributed by atoms with E-state index in [0.29, 0.717) is 37.5 Å². The molecule has 0 unspecified atom stereocenters. The first-order valence-corrected chi connectivity index (χ1v) is 14.5. The number of pyridine rings is 1. The van der Waals surface area contributed by atoms with Crippen LogP contribution < -0.4 is 10.9 Å². The number of fused-ring (bicyclic) bond motifs is 1. The highest BCUT2D eigenvalue weighted by atomic mass is 32.2. The lowest BCUT2D eigenvalue weighted by molar-refractivity contribution is 0.332. The van der Waals surface area contributed by atoms with Gasteiger partial charge in [-0.15, -0.1) is 0 Å². The molecular formula is C25H36N6O3S. The Morgan fingerprint density at radius 2 is 1.74 bits per heavy atom. The monoisotopic (exact) mass is 500 g/mol. The van der Waals surface area contributed by atoms with E-state index >= 15 is 0 Å². The van der Waals surface area contributed by atoms with Crippen molar-refractivity contribution in [3.05, 3.63) is 40.2 Å². The number of piperidine rings is 1. The van der Waals surface area contributed by atoms with E-state index in [9.17, 15) is 13.2 Å². The average Bonchev–Trinajstić information content (AvgIpc) is 3.57. The van der Waals surface area contributed by atoms with E-state index in [2.05, 4.69) is 15.2 Å². The van der Waals surface area contributed by atoms with Gasteiger partial charge in [0.05, 0.1) is 0 Å². The van der Waals surface area contributed by atoms with Crippen molar-refractivity contribution >= 4 is 27.0 Å². The van der Waals surface area contributed by atoms with Crippen molar-refractivity contribution in [2.45, 2.75) is 69.9 Å². The summed E-state index contributed by atoms with van der Waals surface area (Å²) in [5.41, 5.74) is 0.669. The van der Waals surface area contributed by atoms with Crippen LogP contribution in [0.25, 0.3) is 11.0 Å². The van der Waals surface area contributed by atoms with E-state index in [-0.39, 0.29) is 17.6 Å². The number of nitrogens with zero attached hydrogens (tertiary/aromatic N) is 5. The van der Waals surface area contributed by atoms with Crippen molar-refractivity contribution in [1.82, 2.24) is 23.7 Å². The summed E-state index contributed by atoms with van der Waals surface area (Å²) in [6.45, 7) is 4.12. The van der Waals surface area contributed by atoms with Gasteiger partial charge >= 0.3 is 0 Å². The highest BCUT2D eigenvalue weighted by Gasteiger charge is 2.27. The van der Waals surface area contributed by atoms with Crippen LogP contribution in [-0.4, -0.2) is 70.9 Å². The maximum Gasteiger partial charge on any atom is 0.252 e.